The lowest BCUT2D eigenvalue weighted by molar-refractivity contribution is 0.280. The summed E-state index contributed by atoms with van der Waals surface area (Å²) in [5, 5.41) is 4.32. The molecule has 30 heavy (non-hydrogen) atoms. The van der Waals surface area contributed by atoms with E-state index in [0.717, 1.165) is 28.8 Å². The van der Waals surface area contributed by atoms with Crippen molar-refractivity contribution >= 4 is 17.3 Å². The number of nitrogens with zero attached hydrogens (tertiary/aromatic N) is 3. The number of ether oxygens (including phenoxy) is 1. The molecule has 4 rings (SSSR count). The van der Waals surface area contributed by atoms with Crippen LogP contribution in [-0.2, 0) is 0 Å². The third kappa shape index (κ3) is 3.79. The van der Waals surface area contributed by atoms with Crippen LogP contribution < -0.4 is 10.1 Å². The molecule has 6 heteroatoms. The van der Waals surface area contributed by atoms with Gasteiger partial charge in [0.05, 0.1) is 24.9 Å². The molecule has 1 N–H and O–H groups in total. The van der Waals surface area contributed by atoms with Gasteiger partial charge in [-0.3, -0.25) is 4.98 Å². The van der Waals surface area contributed by atoms with E-state index >= 15 is 0 Å². The van der Waals surface area contributed by atoms with Crippen LogP contribution in [0.2, 0.25) is 0 Å². The number of nitrogens with one attached hydrogen (secondary N) is 1. The Hall–Kier alpha value is -2.86. The van der Waals surface area contributed by atoms with Crippen LogP contribution in [-0.4, -0.2) is 33.2 Å². The monoisotopic (exact) mass is 420 g/mol. The Morgan fingerprint density at radius 1 is 1.10 bits per heavy atom. The lowest BCUT2D eigenvalue weighted by Crippen LogP contribution is -2.33. The zero-order valence-electron chi connectivity index (χ0n) is 17.9. The standard InChI is InChI=1S/C24H28N4OS/c1-16(2)15-27-23(22(26-24(27)30)20-7-5-6-14-25-20)21-13-8-17(3)28(21)18-9-11-19(29-4)12-10-18/h5-14,16,22-23H,15H2,1-4H3,(H,26,30)/t22-,23+/m1/s1. The van der Waals surface area contributed by atoms with Crippen molar-refractivity contribution in [2.45, 2.75) is 32.9 Å². The minimum atomic E-state index is -0.0104. The summed E-state index contributed by atoms with van der Waals surface area (Å²) < 4.78 is 7.65. The molecular weight excluding hydrogens is 392 g/mol. The van der Waals surface area contributed by atoms with E-state index in [9.17, 15) is 0 Å². The number of pyridine rings is 1. The van der Waals surface area contributed by atoms with Gasteiger partial charge in [-0.15, -0.1) is 0 Å². The zero-order chi connectivity index (χ0) is 21.3. The maximum atomic E-state index is 5.77. The van der Waals surface area contributed by atoms with E-state index in [-0.39, 0.29) is 12.1 Å². The predicted molar refractivity (Wildman–Crippen MR) is 124 cm³/mol. The van der Waals surface area contributed by atoms with Gasteiger partial charge in [0.2, 0.25) is 0 Å². The summed E-state index contributed by atoms with van der Waals surface area (Å²) in [6.07, 6.45) is 1.84. The minimum absolute atomic E-state index is 0.0104. The summed E-state index contributed by atoms with van der Waals surface area (Å²) in [7, 11) is 1.69. The number of methoxy groups -OCH3 is 1. The van der Waals surface area contributed by atoms with E-state index in [4.69, 9.17) is 17.0 Å². The highest BCUT2D eigenvalue weighted by atomic mass is 32.1. The smallest absolute Gasteiger partial charge is 0.170 e. The molecule has 0 spiro atoms. The van der Waals surface area contributed by atoms with Crippen molar-refractivity contribution in [2.75, 3.05) is 13.7 Å². The maximum Gasteiger partial charge on any atom is 0.170 e. The molecule has 0 aliphatic carbocycles. The van der Waals surface area contributed by atoms with Gasteiger partial charge in [0.1, 0.15) is 5.75 Å². The second-order valence-electron chi connectivity index (χ2n) is 8.11. The highest BCUT2D eigenvalue weighted by Gasteiger charge is 2.41. The van der Waals surface area contributed by atoms with Crippen LogP contribution in [0.3, 0.4) is 0 Å². The Bertz CT molecular complexity index is 1010. The van der Waals surface area contributed by atoms with Crippen molar-refractivity contribution in [3.63, 3.8) is 0 Å². The number of aryl methyl sites for hydroxylation is 1. The van der Waals surface area contributed by atoms with Crippen LogP contribution in [0.4, 0.5) is 0 Å². The lowest BCUT2D eigenvalue weighted by Gasteiger charge is -2.30. The molecule has 3 heterocycles. The molecule has 0 amide bonds. The van der Waals surface area contributed by atoms with E-state index in [2.05, 4.69) is 70.9 Å². The molecule has 156 valence electrons. The summed E-state index contributed by atoms with van der Waals surface area (Å²) in [5.74, 6) is 1.34. The molecule has 5 nitrogen and oxygen atoms in total. The Kier molecular flexibility index (Phi) is 5.77. The maximum absolute atomic E-state index is 5.77. The second kappa shape index (κ2) is 8.48. The number of aromatic nitrogens is 2. The van der Waals surface area contributed by atoms with Crippen molar-refractivity contribution in [1.29, 1.82) is 0 Å². The largest absolute Gasteiger partial charge is 0.497 e. The topological polar surface area (TPSA) is 42.3 Å². The Labute approximate surface area is 183 Å². The van der Waals surface area contributed by atoms with Gasteiger partial charge in [-0.2, -0.15) is 0 Å². The molecule has 0 radical (unpaired) electrons. The first kappa shape index (κ1) is 20.4. The number of hydrogen-bond donors (Lipinski definition) is 1. The molecule has 1 fully saturated rings. The summed E-state index contributed by atoms with van der Waals surface area (Å²) in [4.78, 5) is 6.96. The summed E-state index contributed by atoms with van der Waals surface area (Å²) in [5.41, 5.74) is 4.48. The van der Waals surface area contributed by atoms with Crippen LogP contribution in [0.1, 0.15) is 43.0 Å². The normalized spacial score (nSPS) is 18.7. The zero-order valence-corrected chi connectivity index (χ0v) is 18.7. The van der Waals surface area contributed by atoms with Gasteiger partial charge < -0.3 is 19.5 Å². The molecule has 3 aromatic rings. The van der Waals surface area contributed by atoms with Crippen LogP contribution in [0.5, 0.6) is 5.75 Å². The van der Waals surface area contributed by atoms with E-state index in [1.807, 2.05) is 30.5 Å². The van der Waals surface area contributed by atoms with Crippen molar-refractivity contribution < 1.29 is 4.74 Å². The van der Waals surface area contributed by atoms with Gasteiger partial charge in [-0.05, 0) is 73.6 Å². The highest BCUT2D eigenvalue weighted by molar-refractivity contribution is 7.80. The molecule has 0 unspecified atom stereocenters. The molecule has 1 aromatic carbocycles. The Morgan fingerprint density at radius 3 is 2.50 bits per heavy atom. The molecule has 2 atom stereocenters. The molecule has 1 saturated heterocycles. The number of rotatable bonds is 6. The SMILES string of the molecule is COc1ccc(-n2c(C)ccc2[C@H]2[C@@H](c3ccccn3)NC(=S)N2CC(C)C)cc1. The lowest BCUT2D eigenvalue weighted by atomic mass is 10.0. The van der Waals surface area contributed by atoms with E-state index < -0.39 is 0 Å². The van der Waals surface area contributed by atoms with Gasteiger partial charge in [-0.1, -0.05) is 19.9 Å². The Balaban J connectivity index is 1.83. The van der Waals surface area contributed by atoms with Crippen LogP contribution >= 0.6 is 12.2 Å². The highest BCUT2D eigenvalue weighted by Crippen LogP contribution is 2.40. The number of thiocarbonyl (C=S) groups is 1. The fraction of sp³-hybridized carbons (Fsp3) is 0.333. The quantitative estimate of drug-likeness (QED) is 0.579. The van der Waals surface area contributed by atoms with E-state index in [1.54, 1.807) is 7.11 Å². The molecule has 2 aromatic heterocycles. The summed E-state index contributed by atoms with van der Waals surface area (Å²) in [6.45, 7) is 7.47. The molecule has 1 aliphatic rings. The number of hydrogen-bond acceptors (Lipinski definition) is 3. The fourth-order valence-electron chi connectivity index (χ4n) is 4.19. The fourth-order valence-corrected chi connectivity index (χ4v) is 4.51. The van der Waals surface area contributed by atoms with Gasteiger partial charge in [0.15, 0.2) is 5.11 Å². The number of benzene rings is 1. The first-order valence-electron chi connectivity index (χ1n) is 10.3. The van der Waals surface area contributed by atoms with Gasteiger partial charge in [-0.25, -0.2) is 0 Å². The van der Waals surface area contributed by atoms with E-state index in [1.165, 1.54) is 11.4 Å². The third-order valence-electron chi connectivity index (χ3n) is 5.50. The van der Waals surface area contributed by atoms with Crippen molar-refractivity contribution in [1.82, 2.24) is 19.8 Å². The molecule has 1 aliphatic heterocycles. The van der Waals surface area contributed by atoms with Crippen molar-refractivity contribution in [3.8, 4) is 11.4 Å². The first-order chi connectivity index (χ1) is 14.5. The predicted octanol–water partition coefficient (Wildman–Crippen LogP) is 4.82. The average Bonchev–Trinajstić information content (AvgIpc) is 3.28. The van der Waals surface area contributed by atoms with Gasteiger partial charge >= 0.3 is 0 Å². The molecular formula is C24H28N4OS. The van der Waals surface area contributed by atoms with Crippen LogP contribution in [0.15, 0.2) is 60.8 Å². The van der Waals surface area contributed by atoms with Gasteiger partial charge in [0.25, 0.3) is 0 Å². The molecule has 0 bridgehead atoms. The second-order valence-corrected chi connectivity index (χ2v) is 8.49. The van der Waals surface area contributed by atoms with Crippen LogP contribution in [0, 0.1) is 12.8 Å². The van der Waals surface area contributed by atoms with E-state index in [0.29, 0.717) is 5.92 Å². The first-order valence-corrected chi connectivity index (χ1v) is 10.7. The molecule has 0 saturated carbocycles. The Morgan fingerprint density at radius 2 is 1.87 bits per heavy atom. The summed E-state index contributed by atoms with van der Waals surface area (Å²) >= 11 is 5.77. The van der Waals surface area contributed by atoms with Crippen LogP contribution in [0.25, 0.3) is 5.69 Å². The minimum Gasteiger partial charge on any atom is -0.497 e. The third-order valence-corrected chi connectivity index (χ3v) is 5.85. The van der Waals surface area contributed by atoms with Crippen molar-refractivity contribution in [3.05, 3.63) is 77.9 Å². The summed E-state index contributed by atoms with van der Waals surface area (Å²) in [6, 6.07) is 18.7. The average molecular weight is 421 g/mol. The van der Waals surface area contributed by atoms with Gasteiger partial charge in [0, 0.05) is 29.8 Å². The van der Waals surface area contributed by atoms with Crippen molar-refractivity contribution in [2.24, 2.45) is 5.92 Å².